The maximum Gasteiger partial charge on any atom is 0.254 e. The highest BCUT2D eigenvalue weighted by Crippen LogP contribution is 2.24. The summed E-state index contributed by atoms with van der Waals surface area (Å²) in [5, 5.41) is 14.9. The van der Waals surface area contributed by atoms with Crippen molar-refractivity contribution < 1.29 is 9.90 Å². The van der Waals surface area contributed by atoms with Gasteiger partial charge in [0.1, 0.15) is 0 Å². The predicted octanol–water partition coefficient (Wildman–Crippen LogP) is 3.63. The predicted molar refractivity (Wildman–Crippen MR) is 124 cm³/mol. The molecule has 3 rings (SSSR count). The molecule has 1 aliphatic rings. The van der Waals surface area contributed by atoms with Gasteiger partial charge in [0.2, 0.25) is 0 Å². The molecule has 0 saturated carbocycles. The fourth-order valence-electron chi connectivity index (χ4n) is 4.66. The first-order chi connectivity index (χ1) is 14.6. The van der Waals surface area contributed by atoms with Gasteiger partial charge in [-0.1, -0.05) is 26.0 Å². The second kappa shape index (κ2) is 9.53. The Morgan fingerprint density at radius 3 is 2.42 bits per heavy atom. The van der Waals surface area contributed by atoms with Crippen molar-refractivity contribution in [3.63, 3.8) is 0 Å². The lowest BCUT2D eigenvalue weighted by Crippen LogP contribution is -2.61. The molecule has 2 aromatic rings. The lowest BCUT2D eigenvalue weighted by atomic mass is 9.98. The van der Waals surface area contributed by atoms with E-state index < -0.39 is 5.60 Å². The lowest BCUT2D eigenvalue weighted by Gasteiger charge is -2.47. The smallest absolute Gasteiger partial charge is 0.254 e. The molecular formula is C25H38N4O2. The highest BCUT2D eigenvalue weighted by molar-refractivity contribution is 5.94. The van der Waals surface area contributed by atoms with Crippen LogP contribution in [0.4, 0.5) is 0 Å². The van der Waals surface area contributed by atoms with E-state index in [1.54, 1.807) is 0 Å². The van der Waals surface area contributed by atoms with Crippen LogP contribution < -0.4 is 0 Å². The first-order valence-corrected chi connectivity index (χ1v) is 11.5. The van der Waals surface area contributed by atoms with E-state index in [0.717, 1.165) is 41.9 Å². The first kappa shape index (κ1) is 23.5. The molecule has 1 saturated heterocycles. The van der Waals surface area contributed by atoms with Gasteiger partial charge in [0.05, 0.1) is 17.8 Å². The third-order valence-electron chi connectivity index (χ3n) is 6.21. The molecule has 6 heteroatoms. The number of benzene rings is 1. The Labute approximate surface area is 186 Å². The van der Waals surface area contributed by atoms with Crippen molar-refractivity contribution >= 4 is 5.91 Å². The molecule has 0 radical (unpaired) electrons. The highest BCUT2D eigenvalue weighted by Gasteiger charge is 2.36. The number of aryl methyl sites for hydroxylation is 2. The molecule has 1 fully saturated rings. The SMILES string of the molecule is CC[C@H]1CN(C(=O)c2cccc(Cn3nc(C)cc3C)c2)[C@H](CC)CN1CC(C)(C)O. The minimum absolute atomic E-state index is 0.100. The van der Waals surface area contributed by atoms with Gasteiger partial charge < -0.3 is 10.0 Å². The Hall–Kier alpha value is -2.18. The third kappa shape index (κ3) is 5.74. The summed E-state index contributed by atoms with van der Waals surface area (Å²) in [7, 11) is 0. The molecule has 1 aromatic heterocycles. The standard InChI is InChI=1S/C25H38N4O2/c1-7-22-16-28(23(8-2)15-27(22)17-25(5,6)31)24(30)21-11-9-10-20(13-21)14-29-19(4)12-18(3)26-29/h9-13,22-23,31H,7-8,14-17H2,1-6H3/t22-,23+/m0/s1. The Morgan fingerprint density at radius 2 is 1.84 bits per heavy atom. The van der Waals surface area contributed by atoms with Crippen molar-refractivity contribution in [3.05, 3.63) is 52.8 Å². The molecular weight excluding hydrogens is 388 g/mol. The van der Waals surface area contributed by atoms with Gasteiger partial charge in [0, 0.05) is 43.0 Å². The molecule has 2 atom stereocenters. The molecule has 1 N–H and O–H groups in total. The van der Waals surface area contributed by atoms with E-state index >= 15 is 0 Å². The normalized spacial score (nSPS) is 20.3. The summed E-state index contributed by atoms with van der Waals surface area (Å²) in [5.41, 5.74) is 3.20. The number of hydrogen-bond acceptors (Lipinski definition) is 4. The maximum absolute atomic E-state index is 13.5. The number of carbonyl (C=O) groups excluding carboxylic acids is 1. The Bertz CT molecular complexity index is 899. The van der Waals surface area contributed by atoms with E-state index in [4.69, 9.17) is 0 Å². The number of β-amino-alcohol motifs (C(OH)–C–C–N with tert-alkyl or cyclic N) is 1. The number of rotatable bonds is 7. The minimum atomic E-state index is -0.741. The van der Waals surface area contributed by atoms with Gasteiger partial charge in [-0.2, -0.15) is 5.10 Å². The van der Waals surface area contributed by atoms with Crippen molar-refractivity contribution in [2.75, 3.05) is 19.6 Å². The lowest BCUT2D eigenvalue weighted by molar-refractivity contribution is -0.0237. The molecule has 0 aliphatic carbocycles. The van der Waals surface area contributed by atoms with Crippen LogP contribution >= 0.6 is 0 Å². The van der Waals surface area contributed by atoms with Crippen LogP contribution in [-0.4, -0.2) is 67.9 Å². The molecule has 1 aliphatic heterocycles. The van der Waals surface area contributed by atoms with Gasteiger partial charge in [0.15, 0.2) is 0 Å². The van der Waals surface area contributed by atoms with Crippen LogP contribution in [0.5, 0.6) is 0 Å². The maximum atomic E-state index is 13.5. The highest BCUT2D eigenvalue weighted by atomic mass is 16.3. The summed E-state index contributed by atoms with van der Waals surface area (Å²) in [6.45, 7) is 14.8. The molecule has 6 nitrogen and oxygen atoms in total. The zero-order valence-corrected chi connectivity index (χ0v) is 19.9. The largest absolute Gasteiger partial charge is 0.389 e. The summed E-state index contributed by atoms with van der Waals surface area (Å²) < 4.78 is 1.98. The Morgan fingerprint density at radius 1 is 1.13 bits per heavy atom. The molecule has 31 heavy (non-hydrogen) atoms. The summed E-state index contributed by atoms with van der Waals surface area (Å²) in [4.78, 5) is 17.9. The monoisotopic (exact) mass is 426 g/mol. The summed E-state index contributed by atoms with van der Waals surface area (Å²) in [5.74, 6) is 0.100. The Kier molecular flexibility index (Phi) is 7.22. The van der Waals surface area contributed by atoms with Crippen LogP contribution in [0.25, 0.3) is 0 Å². The first-order valence-electron chi connectivity index (χ1n) is 11.5. The molecule has 1 amide bonds. The quantitative estimate of drug-likeness (QED) is 0.734. The van der Waals surface area contributed by atoms with Gasteiger partial charge >= 0.3 is 0 Å². The number of carbonyl (C=O) groups is 1. The van der Waals surface area contributed by atoms with E-state index in [-0.39, 0.29) is 18.0 Å². The average Bonchev–Trinajstić information content (AvgIpc) is 3.02. The van der Waals surface area contributed by atoms with Crippen molar-refractivity contribution in [2.45, 2.75) is 78.6 Å². The van der Waals surface area contributed by atoms with E-state index in [1.807, 2.05) is 43.7 Å². The van der Waals surface area contributed by atoms with E-state index in [9.17, 15) is 9.90 Å². The topological polar surface area (TPSA) is 61.6 Å². The van der Waals surface area contributed by atoms with Crippen LogP contribution in [0.1, 0.15) is 67.8 Å². The van der Waals surface area contributed by atoms with E-state index in [2.05, 4.69) is 47.8 Å². The van der Waals surface area contributed by atoms with Crippen LogP contribution in [0, 0.1) is 13.8 Å². The number of piperazine rings is 1. The van der Waals surface area contributed by atoms with Crippen LogP contribution in [0.3, 0.4) is 0 Å². The number of amides is 1. The van der Waals surface area contributed by atoms with Crippen LogP contribution in [0.15, 0.2) is 30.3 Å². The van der Waals surface area contributed by atoms with Crippen molar-refractivity contribution in [1.29, 1.82) is 0 Å². The van der Waals surface area contributed by atoms with Crippen LogP contribution in [0.2, 0.25) is 0 Å². The number of aliphatic hydroxyl groups is 1. The van der Waals surface area contributed by atoms with Gasteiger partial charge in [-0.3, -0.25) is 14.4 Å². The molecule has 0 unspecified atom stereocenters. The molecule has 170 valence electrons. The van der Waals surface area contributed by atoms with Crippen molar-refractivity contribution in [2.24, 2.45) is 0 Å². The molecule has 1 aromatic carbocycles. The molecule has 0 spiro atoms. The van der Waals surface area contributed by atoms with Crippen molar-refractivity contribution in [1.82, 2.24) is 19.6 Å². The minimum Gasteiger partial charge on any atom is -0.389 e. The number of aromatic nitrogens is 2. The van der Waals surface area contributed by atoms with E-state index in [0.29, 0.717) is 19.6 Å². The fourth-order valence-corrected chi connectivity index (χ4v) is 4.66. The van der Waals surface area contributed by atoms with Gasteiger partial charge in [-0.25, -0.2) is 0 Å². The second-order valence-electron chi connectivity index (χ2n) is 9.61. The summed E-state index contributed by atoms with van der Waals surface area (Å²) in [6, 6.07) is 10.4. The molecule has 0 bridgehead atoms. The zero-order chi connectivity index (χ0) is 22.8. The molecule has 2 heterocycles. The third-order valence-corrected chi connectivity index (χ3v) is 6.21. The Balaban J connectivity index is 1.79. The van der Waals surface area contributed by atoms with Gasteiger partial charge in [-0.05, 0) is 64.3 Å². The summed E-state index contributed by atoms with van der Waals surface area (Å²) >= 11 is 0. The second-order valence-corrected chi connectivity index (χ2v) is 9.61. The zero-order valence-electron chi connectivity index (χ0n) is 19.9. The van der Waals surface area contributed by atoms with Crippen LogP contribution in [-0.2, 0) is 6.54 Å². The van der Waals surface area contributed by atoms with E-state index in [1.165, 1.54) is 0 Å². The van der Waals surface area contributed by atoms with Gasteiger partial charge in [0.25, 0.3) is 5.91 Å². The fraction of sp³-hybridized carbons (Fsp3) is 0.600. The number of nitrogens with zero attached hydrogens (tertiary/aromatic N) is 4. The number of hydrogen-bond donors (Lipinski definition) is 1. The van der Waals surface area contributed by atoms with Gasteiger partial charge in [-0.15, -0.1) is 0 Å². The average molecular weight is 427 g/mol. The van der Waals surface area contributed by atoms with Crippen molar-refractivity contribution in [3.8, 4) is 0 Å². The summed E-state index contributed by atoms with van der Waals surface area (Å²) in [6.07, 6.45) is 1.85.